The molecule has 4 heteroatoms. The Balaban J connectivity index is 1.43. The number of rotatable bonds is 6. The Morgan fingerprint density at radius 1 is 1.12 bits per heavy atom. The molecule has 3 nitrogen and oxygen atoms in total. The topological polar surface area (TPSA) is 37.8 Å². The Bertz CT molecular complexity index is 342. The van der Waals surface area contributed by atoms with Gasteiger partial charge in [0.2, 0.25) is 0 Å². The van der Waals surface area contributed by atoms with E-state index in [1.807, 2.05) is 11.3 Å². The minimum absolute atomic E-state index is 0.808. The molecule has 2 aliphatic carbocycles. The third-order valence-electron chi connectivity index (χ3n) is 3.55. The third kappa shape index (κ3) is 2.80. The molecule has 0 spiro atoms. The highest BCUT2D eigenvalue weighted by Gasteiger charge is 2.21. The molecule has 0 radical (unpaired) electrons. The van der Waals surface area contributed by atoms with Crippen LogP contribution >= 0.6 is 11.3 Å². The maximum absolute atomic E-state index is 4.29. The first-order chi connectivity index (χ1) is 7.90. The van der Waals surface area contributed by atoms with Gasteiger partial charge in [0.25, 0.3) is 0 Å². The zero-order chi connectivity index (χ0) is 10.8. The van der Waals surface area contributed by atoms with E-state index >= 15 is 0 Å². The molecule has 16 heavy (non-hydrogen) atoms. The molecule has 3 rings (SSSR count). The van der Waals surface area contributed by atoms with Crippen LogP contribution in [0, 0.1) is 5.92 Å². The molecule has 2 aliphatic rings. The van der Waals surface area contributed by atoms with Crippen LogP contribution in [0.4, 0.5) is 0 Å². The van der Waals surface area contributed by atoms with Gasteiger partial charge in [-0.2, -0.15) is 0 Å². The van der Waals surface area contributed by atoms with Gasteiger partial charge in [0.05, 0.1) is 0 Å². The summed E-state index contributed by atoms with van der Waals surface area (Å²) in [5, 5.41) is 14.5. The lowest BCUT2D eigenvalue weighted by atomic mass is 9.83. The Kier molecular flexibility index (Phi) is 3.20. The molecule has 1 aromatic heterocycles. The van der Waals surface area contributed by atoms with Gasteiger partial charge in [0, 0.05) is 25.4 Å². The smallest absolute Gasteiger partial charge is 0.118 e. The fourth-order valence-electron chi connectivity index (χ4n) is 2.09. The van der Waals surface area contributed by atoms with Gasteiger partial charge in [-0.05, 0) is 18.8 Å². The predicted molar refractivity (Wildman–Crippen MR) is 65.7 cm³/mol. The van der Waals surface area contributed by atoms with E-state index < -0.39 is 0 Å². The standard InChI is InChI=1S/C12H19N3S/c1-2-9(3-1)8-12-15-14-11(16-12)6-7-13-10-4-5-10/h9-10,13H,1-8H2. The molecule has 2 saturated carbocycles. The van der Waals surface area contributed by atoms with Crippen LogP contribution in [-0.4, -0.2) is 22.8 Å². The van der Waals surface area contributed by atoms with E-state index in [1.165, 1.54) is 48.5 Å². The zero-order valence-electron chi connectivity index (χ0n) is 9.61. The van der Waals surface area contributed by atoms with Gasteiger partial charge in [-0.3, -0.25) is 0 Å². The fraction of sp³-hybridized carbons (Fsp3) is 0.833. The van der Waals surface area contributed by atoms with Crippen molar-refractivity contribution in [2.45, 2.75) is 51.0 Å². The molecule has 0 atom stereocenters. The molecule has 0 saturated heterocycles. The van der Waals surface area contributed by atoms with Gasteiger partial charge in [-0.1, -0.05) is 19.3 Å². The van der Waals surface area contributed by atoms with Gasteiger partial charge < -0.3 is 5.32 Å². The Hall–Kier alpha value is -0.480. The summed E-state index contributed by atoms with van der Waals surface area (Å²) in [5.41, 5.74) is 0. The van der Waals surface area contributed by atoms with Crippen molar-refractivity contribution in [1.82, 2.24) is 15.5 Å². The molecule has 1 heterocycles. The second-order valence-corrected chi connectivity index (χ2v) is 6.22. The summed E-state index contributed by atoms with van der Waals surface area (Å²) in [6.45, 7) is 1.07. The normalized spacial score (nSPS) is 21.0. The zero-order valence-corrected chi connectivity index (χ0v) is 10.4. The van der Waals surface area contributed by atoms with Crippen LogP contribution < -0.4 is 5.32 Å². The summed E-state index contributed by atoms with van der Waals surface area (Å²) in [4.78, 5) is 0. The molecule has 0 aliphatic heterocycles. The molecule has 0 amide bonds. The lowest BCUT2D eigenvalue weighted by Gasteiger charge is -2.23. The maximum atomic E-state index is 4.29. The predicted octanol–water partition coefficient (Wildman–Crippen LogP) is 2.18. The van der Waals surface area contributed by atoms with Crippen molar-refractivity contribution in [3.05, 3.63) is 10.0 Å². The van der Waals surface area contributed by atoms with Gasteiger partial charge in [0.1, 0.15) is 10.0 Å². The minimum Gasteiger partial charge on any atom is -0.314 e. The van der Waals surface area contributed by atoms with Crippen molar-refractivity contribution < 1.29 is 0 Å². The van der Waals surface area contributed by atoms with E-state index in [2.05, 4.69) is 15.5 Å². The van der Waals surface area contributed by atoms with E-state index in [4.69, 9.17) is 0 Å². The lowest BCUT2D eigenvalue weighted by molar-refractivity contribution is 0.313. The van der Waals surface area contributed by atoms with Crippen molar-refractivity contribution in [2.75, 3.05) is 6.54 Å². The van der Waals surface area contributed by atoms with Gasteiger partial charge in [0.15, 0.2) is 0 Å². The van der Waals surface area contributed by atoms with Crippen molar-refractivity contribution in [2.24, 2.45) is 5.92 Å². The van der Waals surface area contributed by atoms with Gasteiger partial charge >= 0.3 is 0 Å². The summed E-state index contributed by atoms with van der Waals surface area (Å²) >= 11 is 1.82. The summed E-state index contributed by atoms with van der Waals surface area (Å²) in [6.07, 6.45) is 9.18. The monoisotopic (exact) mass is 237 g/mol. The van der Waals surface area contributed by atoms with Crippen LogP contribution in [0.5, 0.6) is 0 Å². The van der Waals surface area contributed by atoms with E-state index in [1.54, 1.807) is 0 Å². The van der Waals surface area contributed by atoms with Crippen LogP contribution in [0.2, 0.25) is 0 Å². The van der Waals surface area contributed by atoms with Crippen molar-refractivity contribution >= 4 is 11.3 Å². The molecule has 88 valence electrons. The SMILES string of the molecule is C1CC(Cc2nnc(CCNC3CC3)s2)C1. The average molecular weight is 237 g/mol. The van der Waals surface area contributed by atoms with Crippen LogP contribution in [0.25, 0.3) is 0 Å². The van der Waals surface area contributed by atoms with E-state index in [0.29, 0.717) is 0 Å². The van der Waals surface area contributed by atoms with Crippen LogP contribution in [0.15, 0.2) is 0 Å². The lowest BCUT2D eigenvalue weighted by Crippen LogP contribution is -2.19. The highest BCUT2D eigenvalue weighted by molar-refractivity contribution is 7.11. The maximum Gasteiger partial charge on any atom is 0.118 e. The number of nitrogens with zero attached hydrogens (tertiary/aromatic N) is 2. The number of hydrogen-bond donors (Lipinski definition) is 1. The Morgan fingerprint density at radius 3 is 2.62 bits per heavy atom. The third-order valence-corrected chi connectivity index (χ3v) is 4.55. The Morgan fingerprint density at radius 2 is 1.94 bits per heavy atom. The highest BCUT2D eigenvalue weighted by atomic mass is 32.1. The quantitative estimate of drug-likeness (QED) is 0.824. The minimum atomic E-state index is 0.808. The molecular weight excluding hydrogens is 218 g/mol. The highest BCUT2D eigenvalue weighted by Crippen LogP contribution is 2.30. The van der Waals surface area contributed by atoms with Gasteiger partial charge in [-0.15, -0.1) is 21.5 Å². The second-order valence-electron chi connectivity index (χ2n) is 5.07. The Labute approximate surface area is 101 Å². The summed E-state index contributed by atoms with van der Waals surface area (Å²) in [6, 6.07) is 0.808. The van der Waals surface area contributed by atoms with Crippen molar-refractivity contribution in [3.63, 3.8) is 0 Å². The van der Waals surface area contributed by atoms with Crippen LogP contribution in [0.1, 0.15) is 42.1 Å². The van der Waals surface area contributed by atoms with E-state index in [-0.39, 0.29) is 0 Å². The molecule has 0 aromatic carbocycles. The summed E-state index contributed by atoms with van der Waals surface area (Å²) < 4.78 is 0. The molecule has 1 aromatic rings. The summed E-state index contributed by atoms with van der Waals surface area (Å²) in [7, 11) is 0. The second kappa shape index (κ2) is 4.80. The molecular formula is C12H19N3S. The first-order valence-electron chi connectivity index (χ1n) is 6.45. The fourth-order valence-corrected chi connectivity index (χ4v) is 3.04. The number of aromatic nitrogens is 2. The first kappa shape index (κ1) is 10.7. The van der Waals surface area contributed by atoms with Gasteiger partial charge in [-0.25, -0.2) is 0 Å². The molecule has 0 bridgehead atoms. The van der Waals surface area contributed by atoms with E-state index in [0.717, 1.165) is 24.9 Å². The average Bonchev–Trinajstić information content (AvgIpc) is 2.92. The van der Waals surface area contributed by atoms with Crippen LogP contribution in [0.3, 0.4) is 0 Å². The first-order valence-corrected chi connectivity index (χ1v) is 7.26. The number of nitrogens with one attached hydrogen (secondary N) is 1. The summed E-state index contributed by atoms with van der Waals surface area (Å²) in [5.74, 6) is 0.908. The van der Waals surface area contributed by atoms with Crippen LogP contribution in [-0.2, 0) is 12.8 Å². The molecule has 0 unspecified atom stereocenters. The van der Waals surface area contributed by atoms with Crippen molar-refractivity contribution in [3.8, 4) is 0 Å². The molecule has 2 fully saturated rings. The van der Waals surface area contributed by atoms with Crippen molar-refractivity contribution in [1.29, 1.82) is 0 Å². The number of hydrogen-bond acceptors (Lipinski definition) is 4. The molecule has 1 N–H and O–H groups in total. The largest absolute Gasteiger partial charge is 0.314 e. The van der Waals surface area contributed by atoms with E-state index in [9.17, 15) is 0 Å².